The second kappa shape index (κ2) is 4.48. The van der Waals surface area contributed by atoms with Crippen LogP contribution in [0.4, 0.5) is 22.0 Å². The molecule has 1 aromatic carbocycles. The predicted octanol–water partition coefficient (Wildman–Crippen LogP) is 2.72. The Kier molecular flexibility index (Phi) is 3.29. The van der Waals surface area contributed by atoms with Gasteiger partial charge in [-0.05, 0) is 0 Å². The van der Waals surface area contributed by atoms with E-state index in [-0.39, 0.29) is 4.46 Å². The number of alkyl halides is 5. The van der Waals surface area contributed by atoms with Crippen molar-refractivity contribution in [1.29, 1.82) is 0 Å². The molecule has 1 aromatic heterocycles. The Morgan fingerprint density at radius 1 is 1.00 bits per heavy atom. The fourth-order valence-electron chi connectivity index (χ4n) is 1.31. The van der Waals surface area contributed by atoms with Gasteiger partial charge in [-0.2, -0.15) is 0 Å². The molecule has 0 saturated carbocycles. The van der Waals surface area contributed by atoms with Crippen molar-refractivity contribution >= 4 is 30.3 Å². The first-order chi connectivity index (χ1) is 8.29. The van der Waals surface area contributed by atoms with Crippen molar-refractivity contribution < 1.29 is 22.0 Å². The van der Waals surface area contributed by atoms with Gasteiger partial charge in [0.15, 0.2) is 0 Å². The van der Waals surface area contributed by atoms with Crippen LogP contribution in [0.25, 0.3) is 10.9 Å². The van der Waals surface area contributed by atoms with Crippen molar-refractivity contribution in [2.75, 3.05) is 0 Å². The van der Waals surface area contributed by atoms with Crippen molar-refractivity contribution in [3.63, 3.8) is 0 Å². The van der Waals surface area contributed by atoms with Crippen LogP contribution in [0.5, 0.6) is 0 Å². The number of pyridine rings is 1. The van der Waals surface area contributed by atoms with Gasteiger partial charge in [0.05, 0.1) is 0 Å². The zero-order valence-corrected chi connectivity index (χ0v) is 10.4. The van der Waals surface area contributed by atoms with Gasteiger partial charge in [0, 0.05) is 0 Å². The normalized spacial score (nSPS) is 12.9. The molecule has 18 heavy (non-hydrogen) atoms. The van der Waals surface area contributed by atoms with E-state index in [1.807, 2.05) is 0 Å². The Morgan fingerprint density at radius 2 is 1.67 bits per heavy atom. The number of halogens is 5. The number of benzene rings is 1. The van der Waals surface area contributed by atoms with E-state index in [0.29, 0.717) is 10.9 Å². The van der Waals surface area contributed by atoms with Gasteiger partial charge < -0.3 is 0 Å². The summed E-state index contributed by atoms with van der Waals surface area (Å²) in [5, 5.41) is 0.551. The van der Waals surface area contributed by atoms with E-state index in [2.05, 4.69) is 4.98 Å². The molecule has 0 aliphatic rings. The Hall–Kier alpha value is -1.20. The van der Waals surface area contributed by atoms with Crippen molar-refractivity contribution in [2.45, 2.75) is 11.0 Å². The molecule has 0 saturated heterocycles. The molecule has 1 nitrogen and oxygen atoms in total. The first-order valence-electron chi connectivity index (χ1n) is 4.78. The predicted molar refractivity (Wildman–Crippen MR) is 58.1 cm³/mol. The van der Waals surface area contributed by atoms with Gasteiger partial charge in [-0.15, -0.1) is 0 Å². The van der Waals surface area contributed by atoms with E-state index in [4.69, 9.17) is 0 Å². The number of rotatable bonds is 2. The minimum absolute atomic E-state index is 0.0801. The summed E-state index contributed by atoms with van der Waals surface area (Å²) in [5.41, 5.74) is 0.562. The zero-order chi connectivity index (χ0) is 13.4. The summed E-state index contributed by atoms with van der Waals surface area (Å²) >= 11 is -2.03. The van der Waals surface area contributed by atoms with Crippen LogP contribution in [0.15, 0.2) is 36.5 Å². The van der Waals surface area contributed by atoms with Crippen LogP contribution in [0.3, 0.4) is 0 Å². The zero-order valence-electron chi connectivity index (χ0n) is 8.71. The summed E-state index contributed by atoms with van der Waals surface area (Å²) in [5.74, 6) is 0. The molecular weight excluding hydrogens is 320 g/mol. The van der Waals surface area contributed by atoms with E-state index in [0.717, 1.165) is 6.20 Å². The molecule has 2 rings (SSSR count). The molecule has 0 atom stereocenters. The minimum atomic E-state index is -5.52. The molecule has 0 radical (unpaired) electrons. The molecule has 0 N–H and O–H groups in total. The molecule has 2 aromatic rings. The maximum absolute atomic E-state index is 12.9. The SMILES string of the molecule is FC(F)(F)C(F)(F)[Se]c1cnc2ccccc2c1. The molecule has 0 fully saturated rings. The molecule has 96 valence electrons. The standard InChI is InChI=1S/C11H6F5NSe/c12-10(13,14)11(15,16)18-8-5-7-3-1-2-4-9(7)17-6-8/h1-6H. The maximum atomic E-state index is 12.9. The third kappa shape index (κ3) is 2.62. The second-order valence-corrected chi connectivity index (χ2v) is 5.97. The third-order valence-corrected chi connectivity index (χ3v) is 4.13. The van der Waals surface area contributed by atoms with E-state index >= 15 is 0 Å². The molecule has 0 spiro atoms. The van der Waals surface area contributed by atoms with E-state index in [1.165, 1.54) is 6.07 Å². The summed E-state index contributed by atoms with van der Waals surface area (Å²) in [7, 11) is 0. The third-order valence-electron chi connectivity index (χ3n) is 2.14. The van der Waals surface area contributed by atoms with Gasteiger partial charge in [-0.3, -0.25) is 0 Å². The van der Waals surface area contributed by atoms with Crippen LogP contribution in [-0.4, -0.2) is 30.9 Å². The molecule has 0 amide bonds. The number of para-hydroxylation sites is 1. The number of nitrogens with zero attached hydrogens (tertiary/aromatic N) is 1. The van der Waals surface area contributed by atoms with Gasteiger partial charge in [0.25, 0.3) is 0 Å². The van der Waals surface area contributed by atoms with E-state index < -0.39 is 26.0 Å². The summed E-state index contributed by atoms with van der Waals surface area (Å²) in [6, 6.07) is 7.98. The number of hydrogen-bond donors (Lipinski definition) is 0. The monoisotopic (exact) mass is 327 g/mol. The molecule has 1 heterocycles. The van der Waals surface area contributed by atoms with Gasteiger partial charge >= 0.3 is 105 Å². The van der Waals surface area contributed by atoms with Crippen molar-refractivity contribution in [1.82, 2.24) is 4.98 Å². The van der Waals surface area contributed by atoms with Gasteiger partial charge in [0.1, 0.15) is 0 Å². The quantitative estimate of drug-likeness (QED) is 0.611. The summed E-state index contributed by atoms with van der Waals surface area (Å²) in [6.07, 6.45) is -4.44. The van der Waals surface area contributed by atoms with Gasteiger partial charge in [-0.1, -0.05) is 0 Å². The Morgan fingerprint density at radius 3 is 2.33 bits per heavy atom. The number of fused-ring (bicyclic) bond motifs is 1. The summed E-state index contributed by atoms with van der Waals surface area (Å²) in [6.45, 7) is 0. The molecule has 0 aliphatic carbocycles. The van der Waals surface area contributed by atoms with Crippen molar-refractivity contribution in [3.05, 3.63) is 36.5 Å². The van der Waals surface area contributed by atoms with Gasteiger partial charge in [-0.25, -0.2) is 0 Å². The fourth-order valence-corrected chi connectivity index (χ4v) is 2.79. The first-order valence-corrected chi connectivity index (χ1v) is 6.49. The van der Waals surface area contributed by atoms with E-state index in [1.54, 1.807) is 24.3 Å². The van der Waals surface area contributed by atoms with Crippen LogP contribution in [0, 0.1) is 0 Å². The van der Waals surface area contributed by atoms with Crippen LogP contribution in [-0.2, 0) is 0 Å². The van der Waals surface area contributed by atoms with E-state index in [9.17, 15) is 22.0 Å². The Labute approximate surface area is 105 Å². The van der Waals surface area contributed by atoms with Crippen LogP contribution in [0.2, 0.25) is 0 Å². The first kappa shape index (κ1) is 13.2. The molecule has 7 heteroatoms. The Bertz CT molecular complexity index is 567. The van der Waals surface area contributed by atoms with Crippen LogP contribution in [0.1, 0.15) is 0 Å². The van der Waals surface area contributed by atoms with Crippen molar-refractivity contribution in [2.24, 2.45) is 0 Å². The average Bonchev–Trinajstić information content (AvgIpc) is 2.27. The second-order valence-electron chi connectivity index (χ2n) is 3.48. The number of aromatic nitrogens is 1. The molecule has 0 bridgehead atoms. The fraction of sp³-hybridized carbons (Fsp3) is 0.182. The Balaban J connectivity index is 2.33. The van der Waals surface area contributed by atoms with Crippen molar-refractivity contribution in [3.8, 4) is 0 Å². The molecule has 0 aliphatic heterocycles. The molecular formula is C11H6F5NSe. The summed E-state index contributed by atoms with van der Waals surface area (Å²) < 4.78 is 61.9. The summed E-state index contributed by atoms with van der Waals surface area (Å²) in [4.78, 5) is -0.814. The van der Waals surface area contributed by atoms with Gasteiger partial charge in [0.2, 0.25) is 0 Å². The topological polar surface area (TPSA) is 12.9 Å². The molecule has 0 unspecified atom stereocenters. The average molecular weight is 326 g/mol. The van der Waals surface area contributed by atoms with Crippen LogP contribution >= 0.6 is 0 Å². The number of hydrogen-bond acceptors (Lipinski definition) is 1. The van der Waals surface area contributed by atoms with Crippen LogP contribution < -0.4 is 4.46 Å².